The first-order chi connectivity index (χ1) is 9.83. The van der Waals surface area contributed by atoms with Crippen LogP contribution >= 0.6 is 0 Å². The van der Waals surface area contributed by atoms with Crippen LogP contribution in [0.15, 0.2) is 29.8 Å². The van der Waals surface area contributed by atoms with Gasteiger partial charge in [0.1, 0.15) is 0 Å². The van der Waals surface area contributed by atoms with E-state index in [1.165, 1.54) is 24.8 Å². The molecule has 1 aromatic rings. The zero-order valence-electron chi connectivity index (χ0n) is 11.7. The molecule has 0 saturated heterocycles. The van der Waals surface area contributed by atoms with Crippen LogP contribution in [0.3, 0.4) is 0 Å². The molecular formula is C17H20O3. The van der Waals surface area contributed by atoms with Crippen molar-refractivity contribution in [2.45, 2.75) is 38.5 Å². The molecule has 20 heavy (non-hydrogen) atoms. The van der Waals surface area contributed by atoms with Crippen LogP contribution < -0.4 is 9.47 Å². The molecule has 106 valence electrons. The maximum atomic E-state index is 12.3. The highest BCUT2D eigenvalue weighted by atomic mass is 16.5. The number of carbonyl (C=O) groups excluding carboxylic acids is 1. The third-order valence-electron chi connectivity index (χ3n) is 3.86. The minimum absolute atomic E-state index is 0.0811. The highest BCUT2D eigenvalue weighted by molar-refractivity contribution is 6.05. The second-order valence-corrected chi connectivity index (χ2v) is 5.44. The van der Waals surface area contributed by atoms with Crippen molar-refractivity contribution in [3.05, 3.63) is 35.4 Å². The van der Waals surface area contributed by atoms with Gasteiger partial charge >= 0.3 is 0 Å². The van der Waals surface area contributed by atoms with Gasteiger partial charge in [-0.25, -0.2) is 0 Å². The average Bonchev–Trinajstić information content (AvgIpc) is 2.72. The Bertz CT molecular complexity index is 523. The van der Waals surface area contributed by atoms with Gasteiger partial charge in [0.25, 0.3) is 0 Å². The van der Waals surface area contributed by atoms with Crippen molar-refractivity contribution < 1.29 is 14.3 Å². The molecule has 0 radical (unpaired) electrons. The Kier molecular flexibility index (Phi) is 4.05. The minimum atomic E-state index is 0.0811. The van der Waals surface area contributed by atoms with Gasteiger partial charge in [0, 0.05) is 12.0 Å². The van der Waals surface area contributed by atoms with Crippen LogP contribution in [0.1, 0.15) is 48.9 Å². The van der Waals surface area contributed by atoms with Gasteiger partial charge in [-0.15, -0.1) is 0 Å². The highest BCUT2D eigenvalue weighted by Crippen LogP contribution is 2.31. The molecule has 0 spiro atoms. The summed E-state index contributed by atoms with van der Waals surface area (Å²) >= 11 is 0. The first kappa shape index (κ1) is 13.2. The maximum absolute atomic E-state index is 12.3. The quantitative estimate of drug-likeness (QED) is 0.604. The summed E-state index contributed by atoms with van der Waals surface area (Å²) in [5.41, 5.74) is 1.97. The number of ether oxygens (including phenoxy) is 2. The first-order valence-electron chi connectivity index (χ1n) is 7.46. The van der Waals surface area contributed by atoms with E-state index >= 15 is 0 Å². The van der Waals surface area contributed by atoms with E-state index in [1.54, 1.807) is 0 Å². The molecule has 1 heterocycles. The Morgan fingerprint density at radius 1 is 0.950 bits per heavy atom. The summed E-state index contributed by atoms with van der Waals surface area (Å²) in [7, 11) is 0. The lowest BCUT2D eigenvalue weighted by Gasteiger charge is -2.13. The van der Waals surface area contributed by atoms with Gasteiger partial charge in [-0.3, -0.25) is 4.79 Å². The van der Waals surface area contributed by atoms with Gasteiger partial charge in [-0.2, -0.15) is 0 Å². The molecule has 2 aliphatic rings. The largest absolute Gasteiger partial charge is 0.490 e. The van der Waals surface area contributed by atoms with Crippen LogP contribution in [0.25, 0.3) is 0 Å². The second-order valence-electron chi connectivity index (χ2n) is 5.44. The van der Waals surface area contributed by atoms with Gasteiger partial charge in [0.05, 0.1) is 13.2 Å². The Morgan fingerprint density at radius 2 is 1.70 bits per heavy atom. The topological polar surface area (TPSA) is 35.5 Å². The van der Waals surface area contributed by atoms with Crippen LogP contribution in [0, 0.1) is 0 Å². The lowest BCUT2D eigenvalue weighted by Crippen LogP contribution is -2.01. The highest BCUT2D eigenvalue weighted by Gasteiger charge is 2.14. The monoisotopic (exact) mass is 272 g/mol. The summed E-state index contributed by atoms with van der Waals surface area (Å²) in [4.78, 5) is 12.3. The number of hydrogen-bond acceptors (Lipinski definition) is 3. The summed E-state index contributed by atoms with van der Waals surface area (Å²) in [6.07, 6.45) is 8.53. The number of rotatable bonds is 2. The van der Waals surface area contributed by atoms with E-state index in [9.17, 15) is 4.79 Å². The third-order valence-corrected chi connectivity index (χ3v) is 3.86. The van der Waals surface area contributed by atoms with Crippen molar-refractivity contribution in [1.29, 1.82) is 0 Å². The minimum Gasteiger partial charge on any atom is -0.490 e. The van der Waals surface area contributed by atoms with Crippen LogP contribution in [0.5, 0.6) is 11.5 Å². The standard InChI is InChI=1S/C17H20O3/c18-15(11-13-5-2-1-3-6-13)14-7-8-16-17(12-14)20-10-4-9-19-16/h7-8,11-12H,1-6,9-10H2. The number of allylic oxidation sites excluding steroid dienone is 2. The number of benzene rings is 1. The predicted octanol–water partition coefficient (Wildman–Crippen LogP) is 3.92. The predicted molar refractivity (Wildman–Crippen MR) is 77.5 cm³/mol. The molecule has 0 N–H and O–H groups in total. The van der Waals surface area contributed by atoms with Gasteiger partial charge in [-0.1, -0.05) is 12.0 Å². The zero-order valence-corrected chi connectivity index (χ0v) is 11.7. The fourth-order valence-electron chi connectivity index (χ4n) is 2.74. The Labute approximate surface area is 119 Å². The molecule has 1 aliphatic carbocycles. The fraction of sp³-hybridized carbons (Fsp3) is 0.471. The average molecular weight is 272 g/mol. The molecule has 0 aromatic heterocycles. The van der Waals surface area contributed by atoms with Crippen LogP contribution in [0.4, 0.5) is 0 Å². The van der Waals surface area contributed by atoms with Crippen molar-refractivity contribution in [2.24, 2.45) is 0 Å². The lowest BCUT2D eigenvalue weighted by molar-refractivity contribution is 0.104. The maximum Gasteiger partial charge on any atom is 0.185 e. The van der Waals surface area contributed by atoms with E-state index in [0.717, 1.165) is 25.0 Å². The number of hydrogen-bond donors (Lipinski definition) is 0. The lowest BCUT2D eigenvalue weighted by atomic mass is 9.93. The molecular weight excluding hydrogens is 252 g/mol. The van der Waals surface area contributed by atoms with E-state index in [2.05, 4.69) is 0 Å². The van der Waals surface area contributed by atoms with E-state index in [1.807, 2.05) is 24.3 Å². The SMILES string of the molecule is O=C(C=C1CCCCC1)c1ccc2c(c1)OCCCO2. The zero-order chi connectivity index (χ0) is 13.8. The van der Waals surface area contributed by atoms with Crippen molar-refractivity contribution >= 4 is 5.78 Å². The fourth-order valence-corrected chi connectivity index (χ4v) is 2.74. The molecule has 1 aliphatic heterocycles. The second kappa shape index (κ2) is 6.12. The summed E-state index contributed by atoms with van der Waals surface area (Å²) in [6, 6.07) is 5.48. The summed E-state index contributed by atoms with van der Waals surface area (Å²) in [5.74, 6) is 1.51. The van der Waals surface area contributed by atoms with E-state index in [0.29, 0.717) is 24.5 Å². The Hall–Kier alpha value is -1.77. The van der Waals surface area contributed by atoms with Gasteiger partial charge in [-0.05, 0) is 50.0 Å². The molecule has 3 nitrogen and oxygen atoms in total. The summed E-state index contributed by atoms with van der Waals surface area (Å²) < 4.78 is 11.2. The Balaban J connectivity index is 1.79. The van der Waals surface area contributed by atoms with E-state index < -0.39 is 0 Å². The molecule has 1 aromatic carbocycles. The molecule has 3 heteroatoms. The summed E-state index contributed by atoms with van der Waals surface area (Å²) in [6.45, 7) is 1.32. The molecule has 1 fully saturated rings. The normalized spacial score (nSPS) is 18.3. The van der Waals surface area contributed by atoms with E-state index in [-0.39, 0.29) is 5.78 Å². The number of fused-ring (bicyclic) bond motifs is 1. The molecule has 3 rings (SSSR count). The van der Waals surface area contributed by atoms with Crippen molar-refractivity contribution in [2.75, 3.05) is 13.2 Å². The molecule has 0 bridgehead atoms. The molecule has 0 amide bonds. The Morgan fingerprint density at radius 3 is 2.50 bits per heavy atom. The van der Waals surface area contributed by atoms with Crippen LogP contribution in [-0.2, 0) is 0 Å². The first-order valence-corrected chi connectivity index (χ1v) is 7.46. The van der Waals surface area contributed by atoms with Gasteiger partial charge in [0.2, 0.25) is 0 Å². The van der Waals surface area contributed by atoms with Crippen LogP contribution in [-0.4, -0.2) is 19.0 Å². The van der Waals surface area contributed by atoms with Crippen molar-refractivity contribution in [1.82, 2.24) is 0 Å². The number of ketones is 1. The van der Waals surface area contributed by atoms with Gasteiger partial charge < -0.3 is 9.47 Å². The summed E-state index contributed by atoms with van der Waals surface area (Å²) in [5, 5.41) is 0. The molecule has 1 saturated carbocycles. The van der Waals surface area contributed by atoms with E-state index in [4.69, 9.17) is 9.47 Å². The van der Waals surface area contributed by atoms with Crippen molar-refractivity contribution in [3.63, 3.8) is 0 Å². The molecule has 0 atom stereocenters. The van der Waals surface area contributed by atoms with Gasteiger partial charge in [0.15, 0.2) is 17.3 Å². The third kappa shape index (κ3) is 3.03. The van der Waals surface area contributed by atoms with Crippen molar-refractivity contribution in [3.8, 4) is 11.5 Å². The van der Waals surface area contributed by atoms with Crippen LogP contribution in [0.2, 0.25) is 0 Å². The smallest absolute Gasteiger partial charge is 0.185 e. The number of carbonyl (C=O) groups is 1. The molecule has 0 unspecified atom stereocenters.